The molecule has 0 aliphatic carbocycles. The normalized spacial score (nSPS) is 11.9. The third-order valence-electron chi connectivity index (χ3n) is 1.07. The lowest BCUT2D eigenvalue weighted by Gasteiger charge is -1.90. The molecule has 0 aromatic rings. The van der Waals surface area contributed by atoms with Crippen LogP contribution in [-0.4, -0.2) is 0 Å². The monoisotopic (exact) mass is 136 g/mol. The number of hydrogen-bond acceptors (Lipinski definition) is 0. The molecule has 0 saturated carbocycles. The Hall–Kier alpha value is -0.780. The van der Waals surface area contributed by atoms with Gasteiger partial charge in [0.2, 0.25) is 0 Å². The molecule has 0 saturated heterocycles. The highest BCUT2D eigenvalue weighted by atomic mass is 13.9. The molecule has 0 heterocycles. The van der Waals surface area contributed by atoms with E-state index in [-0.39, 0.29) is 0 Å². The van der Waals surface area contributed by atoms with Gasteiger partial charge in [-0.25, -0.2) is 0 Å². The highest BCUT2D eigenvalue weighted by molar-refractivity contribution is 5.01. The van der Waals surface area contributed by atoms with Crippen LogP contribution in [0, 0.1) is 5.92 Å². The van der Waals surface area contributed by atoms with Crippen LogP contribution >= 0.6 is 0 Å². The Labute approximate surface area is 64.0 Å². The van der Waals surface area contributed by atoms with Crippen LogP contribution in [0.4, 0.5) is 0 Å². The molecule has 0 aromatic heterocycles. The van der Waals surface area contributed by atoms with Gasteiger partial charge in [0.15, 0.2) is 0 Å². The average Bonchev–Trinajstić information content (AvgIpc) is 1.87. The Morgan fingerprint density at radius 2 is 2.00 bits per heavy atom. The lowest BCUT2D eigenvalue weighted by atomic mass is 10.2. The van der Waals surface area contributed by atoms with E-state index in [0.717, 1.165) is 6.42 Å². The van der Waals surface area contributed by atoms with Crippen molar-refractivity contribution in [1.29, 1.82) is 0 Å². The summed E-state index contributed by atoms with van der Waals surface area (Å²) in [7, 11) is 0. The Bertz CT molecular complexity index is 127. The highest BCUT2D eigenvalue weighted by Gasteiger charge is 1.79. The molecule has 0 spiro atoms. The zero-order valence-corrected chi connectivity index (χ0v) is 6.88. The van der Waals surface area contributed by atoms with E-state index in [2.05, 4.69) is 38.7 Å². The summed E-state index contributed by atoms with van der Waals surface area (Å²) in [6, 6.07) is 0. The largest absolute Gasteiger partial charge is 0.0991 e. The van der Waals surface area contributed by atoms with Gasteiger partial charge in [0.25, 0.3) is 0 Å². The van der Waals surface area contributed by atoms with Crippen molar-refractivity contribution in [2.24, 2.45) is 5.92 Å². The maximum atomic E-state index is 3.58. The highest BCUT2D eigenvalue weighted by Crippen LogP contribution is 1.95. The second-order valence-electron chi connectivity index (χ2n) is 2.57. The average molecular weight is 136 g/mol. The minimum absolute atomic E-state index is 0.664. The number of rotatable bonds is 4. The fourth-order valence-electron chi connectivity index (χ4n) is 0.604. The van der Waals surface area contributed by atoms with Crippen molar-refractivity contribution in [3.8, 4) is 0 Å². The van der Waals surface area contributed by atoms with Crippen molar-refractivity contribution in [2.75, 3.05) is 0 Å². The molecular formula is C10H16. The summed E-state index contributed by atoms with van der Waals surface area (Å²) in [4.78, 5) is 0. The maximum absolute atomic E-state index is 3.58. The molecule has 0 fully saturated rings. The summed E-state index contributed by atoms with van der Waals surface area (Å²) >= 11 is 0. The summed E-state index contributed by atoms with van der Waals surface area (Å²) in [5.41, 5.74) is 0. The van der Waals surface area contributed by atoms with Crippen LogP contribution in [-0.2, 0) is 0 Å². The SMILES string of the molecule is C=C/C=C\C/C=C\C(C)C. The van der Waals surface area contributed by atoms with E-state index in [9.17, 15) is 0 Å². The third-order valence-corrected chi connectivity index (χ3v) is 1.07. The molecule has 0 atom stereocenters. The molecule has 0 unspecified atom stereocenters. The standard InChI is InChI=1S/C10H16/c1-4-5-6-7-8-9-10(2)3/h4-6,8-10H,1,7H2,2-3H3/b6-5-,9-8-. The van der Waals surface area contributed by atoms with Gasteiger partial charge in [-0.1, -0.05) is 50.8 Å². The van der Waals surface area contributed by atoms with E-state index in [4.69, 9.17) is 0 Å². The molecule has 0 aliphatic heterocycles. The fourth-order valence-corrected chi connectivity index (χ4v) is 0.604. The molecule has 0 N–H and O–H groups in total. The fraction of sp³-hybridized carbons (Fsp3) is 0.400. The van der Waals surface area contributed by atoms with E-state index in [1.54, 1.807) is 6.08 Å². The lowest BCUT2D eigenvalue weighted by molar-refractivity contribution is 0.828. The van der Waals surface area contributed by atoms with Crippen molar-refractivity contribution in [3.63, 3.8) is 0 Å². The predicted molar refractivity (Wildman–Crippen MR) is 47.9 cm³/mol. The van der Waals surface area contributed by atoms with Gasteiger partial charge in [0.1, 0.15) is 0 Å². The van der Waals surface area contributed by atoms with Crippen LogP contribution in [0.3, 0.4) is 0 Å². The van der Waals surface area contributed by atoms with Crippen LogP contribution < -0.4 is 0 Å². The van der Waals surface area contributed by atoms with Gasteiger partial charge >= 0.3 is 0 Å². The Balaban J connectivity index is 3.35. The first kappa shape index (κ1) is 9.22. The van der Waals surface area contributed by atoms with Crippen LogP contribution in [0.2, 0.25) is 0 Å². The summed E-state index contributed by atoms with van der Waals surface area (Å²) in [5.74, 6) is 0.664. The zero-order valence-electron chi connectivity index (χ0n) is 6.88. The van der Waals surface area contributed by atoms with Gasteiger partial charge in [-0.05, 0) is 12.3 Å². The maximum Gasteiger partial charge on any atom is -0.0166 e. The van der Waals surface area contributed by atoms with Crippen molar-refractivity contribution in [3.05, 3.63) is 37.0 Å². The van der Waals surface area contributed by atoms with Gasteiger partial charge in [0, 0.05) is 0 Å². The lowest BCUT2D eigenvalue weighted by Crippen LogP contribution is -1.75. The van der Waals surface area contributed by atoms with Crippen molar-refractivity contribution < 1.29 is 0 Å². The third kappa shape index (κ3) is 7.22. The van der Waals surface area contributed by atoms with Crippen LogP contribution in [0.1, 0.15) is 20.3 Å². The van der Waals surface area contributed by atoms with Gasteiger partial charge < -0.3 is 0 Å². The van der Waals surface area contributed by atoms with Crippen molar-refractivity contribution in [2.45, 2.75) is 20.3 Å². The van der Waals surface area contributed by atoms with Gasteiger partial charge in [-0.3, -0.25) is 0 Å². The quantitative estimate of drug-likeness (QED) is 0.411. The topological polar surface area (TPSA) is 0 Å². The van der Waals surface area contributed by atoms with Crippen LogP contribution in [0.25, 0.3) is 0 Å². The summed E-state index contributed by atoms with van der Waals surface area (Å²) in [6.45, 7) is 7.93. The van der Waals surface area contributed by atoms with E-state index < -0.39 is 0 Å². The molecule has 0 aromatic carbocycles. The molecule has 0 rings (SSSR count). The predicted octanol–water partition coefficient (Wildman–Crippen LogP) is 3.33. The second kappa shape index (κ2) is 6.34. The van der Waals surface area contributed by atoms with E-state index in [1.807, 2.05) is 6.08 Å². The van der Waals surface area contributed by atoms with E-state index in [0.29, 0.717) is 5.92 Å². The Morgan fingerprint density at radius 3 is 2.50 bits per heavy atom. The zero-order chi connectivity index (χ0) is 7.82. The first-order valence-electron chi connectivity index (χ1n) is 3.71. The van der Waals surface area contributed by atoms with Gasteiger partial charge in [-0.2, -0.15) is 0 Å². The minimum Gasteiger partial charge on any atom is -0.0991 e. The Morgan fingerprint density at radius 1 is 1.30 bits per heavy atom. The molecule has 0 aliphatic rings. The molecule has 0 bridgehead atoms. The smallest absolute Gasteiger partial charge is 0.0166 e. The van der Waals surface area contributed by atoms with Gasteiger partial charge in [-0.15, -0.1) is 0 Å². The summed E-state index contributed by atoms with van der Waals surface area (Å²) in [5, 5.41) is 0. The van der Waals surface area contributed by atoms with Crippen LogP contribution in [0.15, 0.2) is 37.0 Å². The summed E-state index contributed by atoms with van der Waals surface area (Å²) < 4.78 is 0. The molecular weight excluding hydrogens is 120 g/mol. The number of allylic oxidation sites excluding steroid dienone is 5. The van der Waals surface area contributed by atoms with E-state index >= 15 is 0 Å². The van der Waals surface area contributed by atoms with Crippen LogP contribution in [0.5, 0.6) is 0 Å². The molecule has 0 heteroatoms. The number of hydrogen-bond donors (Lipinski definition) is 0. The molecule has 0 amide bonds. The minimum atomic E-state index is 0.664. The molecule has 0 nitrogen and oxygen atoms in total. The first-order chi connectivity index (χ1) is 4.77. The van der Waals surface area contributed by atoms with Crippen molar-refractivity contribution >= 4 is 0 Å². The Kier molecular flexibility index (Phi) is 5.85. The van der Waals surface area contributed by atoms with E-state index in [1.165, 1.54) is 0 Å². The van der Waals surface area contributed by atoms with Crippen molar-refractivity contribution in [1.82, 2.24) is 0 Å². The first-order valence-corrected chi connectivity index (χ1v) is 3.71. The molecule has 56 valence electrons. The second-order valence-corrected chi connectivity index (χ2v) is 2.57. The van der Waals surface area contributed by atoms with Gasteiger partial charge in [0.05, 0.1) is 0 Å². The summed E-state index contributed by atoms with van der Waals surface area (Å²) in [6.07, 6.45) is 11.2. The molecule has 0 radical (unpaired) electrons. The molecule has 10 heavy (non-hydrogen) atoms.